The zero-order valence-corrected chi connectivity index (χ0v) is 16.6. The van der Waals surface area contributed by atoms with Gasteiger partial charge in [-0.1, -0.05) is 6.07 Å². The molecule has 3 heterocycles. The summed E-state index contributed by atoms with van der Waals surface area (Å²) in [4.78, 5) is 13.3. The Morgan fingerprint density at radius 1 is 1.03 bits per heavy atom. The molecule has 4 rings (SSSR count). The van der Waals surface area contributed by atoms with E-state index in [9.17, 15) is 0 Å². The second kappa shape index (κ2) is 7.63. The molecule has 148 valence electrons. The Hall–Kier alpha value is -3.88. The molecule has 3 aromatic heterocycles. The first-order valence-corrected chi connectivity index (χ1v) is 8.98. The van der Waals surface area contributed by atoms with E-state index in [-0.39, 0.29) is 0 Å². The monoisotopic (exact) mass is 391 g/mol. The lowest BCUT2D eigenvalue weighted by Gasteiger charge is -2.09. The average molecular weight is 391 g/mol. The number of anilines is 2. The number of benzene rings is 1. The van der Waals surface area contributed by atoms with Crippen LogP contribution < -0.4 is 14.8 Å². The first kappa shape index (κ1) is 18.5. The van der Waals surface area contributed by atoms with Crippen LogP contribution in [0.2, 0.25) is 0 Å². The minimum atomic E-state index is 0.458. The molecule has 0 radical (unpaired) electrons. The van der Waals surface area contributed by atoms with Crippen molar-refractivity contribution in [2.24, 2.45) is 0 Å². The number of nitrogens with zero attached hydrogens (tertiary/aromatic N) is 5. The molecule has 0 amide bonds. The minimum Gasteiger partial charge on any atom is -0.497 e. The van der Waals surface area contributed by atoms with Gasteiger partial charge >= 0.3 is 0 Å². The zero-order valence-electron chi connectivity index (χ0n) is 16.6. The van der Waals surface area contributed by atoms with E-state index in [1.807, 2.05) is 54.9 Å². The molecule has 0 aliphatic rings. The van der Waals surface area contributed by atoms with E-state index in [1.54, 1.807) is 20.5 Å². The van der Waals surface area contributed by atoms with Crippen LogP contribution in [0.25, 0.3) is 17.2 Å². The van der Waals surface area contributed by atoms with Crippen molar-refractivity contribution >= 4 is 11.6 Å². The van der Waals surface area contributed by atoms with Crippen molar-refractivity contribution in [2.75, 3.05) is 19.5 Å². The number of rotatable bonds is 6. The van der Waals surface area contributed by atoms with Crippen LogP contribution in [-0.2, 0) is 0 Å². The Kier molecular flexibility index (Phi) is 4.86. The van der Waals surface area contributed by atoms with Crippen molar-refractivity contribution in [1.29, 1.82) is 0 Å². The Morgan fingerprint density at radius 3 is 2.62 bits per heavy atom. The summed E-state index contributed by atoms with van der Waals surface area (Å²) in [7, 11) is 3.21. The first-order valence-electron chi connectivity index (χ1n) is 8.98. The predicted octanol–water partition coefficient (Wildman–Crippen LogP) is 3.43. The van der Waals surface area contributed by atoms with Gasteiger partial charge in [-0.15, -0.1) is 0 Å². The topological polar surface area (TPSA) is 103 Å². The first-order chi connectivity index (χ1) is 14.1. The molecule has 2 N–H and O–H groups in total. The largest absolute Gasteiger partial charge is 0.497 e. The molecular weight excluding hydrogens is 370 g/mol. The summed E-state index contributed by atoms with van der Waals surface area (Å²) in [5.41, 5.74) is 4.23. The SMILES string of the molecule is COc1ccc(C)c(Nc2nc(-c3ccc(-n4cnc(C)c4)c(OC)n3)n[nH]2)c1. The number of aromatic amines is 1. The van der Waals surface area contributed by atoms with Crippen molar-refractivity contribution in [2.45, 2.75) is 13.8 Å². The van der Waals surface area contributed by atoms with Crippen molar-refractivity contribution in [3.05, 3.63) is 54.1 Å². The Morgan fingerprint density at radius 2 is 1.90 bits per heavy atom. The lowest BCUT2D eigenvalue weighted by atomic mass is 10.2. The lowest BCUT2D eigenvalue weighted by molar-refractivity contribution is 0.396. The van der Waals surface area contributed by atoms with E-state index >= 15 is 0 Å². The number of hydrogen-bond acceptors (Lipinski definition) is 7. The van der Waals surface area contributed by atoms with E-state index in [0.29, 0.717) is 23.3 Å². The van der Waals surface area contributed by atoms with Gasteiger partial charge in [0.25, 0.3) is 0 Å². The molecule has 0 fully saturated rings. The highest BCUT2D eigenvalue weighted by atomic mass is 16.5. The lowest BCUT2D eigenvalue weighted by Crippen LogP contribution is -2.00. The summed E-state index contributed by atoms with van der Waals surface area (Å²) in [5, 5.41) is 10.4. The molecule has 0 aliphatic carbocycles. The van der Waals surface area contributed by atoms with Crippen LogP contribution in [-0.4, -0.2) is 43.9 Å². The van der Waals surface area contributed by atoms with Crippen LogP contribution in [0.5, 0.6) is 11.6 Å². The van der Waals surface area contributed by atoms with Crippen molar-refractivity contribution in [1.82, 2.24) is 29.7 Å². The third-order valence-electron chi connectivity index (χ3n) is 4.44. The predicted molar refractivity (Wildman–Crippen MR) is 109 cm³/mol. The summed E-state index contributed by atoms with van der Waals surface area (Å²) in [5.74, 6) is 2.18. The van der Waals surface area contributed by atoms with E-state index < -0.39 is 0 Å². The van der Waals surface area contributed by atoms with Gasteiger partial charge in [-0.05, 0) is 37.6 Å². The van der Waals surface area contributed by atoms with Gasteiger partial charge in [0.15, 0.2) is 0 Å². The fourth-order valence-electron chi connectivity index (χ4n) is 2.88. The van der Waals surface area contributed by atoms with Crippen molar-refractivity contribution in [3.8, 4) is 28.8 Å². The van der Waals surface area contributed by atoms with E-state index in [2.05, 4.69) is 30.5 Å². The van der Waals surface area contributed by atoms with Crippen LogP contribution in [0.1, 0.15) is 11.3 Å². The minimum absolute atomic E-state index is 0.458. The van der Waals surface area contributed by atoms with Crippen molar-refractivity contribution in [3.63, 3.8) is 0 Å². The summed E-state index contributed by atoms with van der Waals surface area (Å²) < 4.78 is 12.6. The third-order valence-corrected chi connectivity index (χ3v) is 4.44. The number of aromatic nitrogens is 6. The van der Waals surface area contributed by atoms with Crippen LogP contribution in [0.15, 0.2) is 42.9 Å². The second-order valence-corrected chi connectivity index (χ2v) is 6.46. The second-order valence-electron chi connectivity index (χ2n) is 6.46. The number of imidazole rings is 1. The standard InChI is InChI=1S/C20H21N7O2/c1-12-5-6-14(28-3)9-16(12)23-20-24-18(25-26-20)15-7-8-17(19(22-15)29-4)27-10-13(2)21-11-27/h5-11H,1-4H3,(H2,23,24,25,26). The summed E-state index contributed by atoms with van der Waals surface area (Å²) in [6.07, 6.45) is 3.63. The van der Waals surface area contributed by atoms with Crippen LogP contribution in [0.4, 0.5) is 11.6 Å². The number of hydrogen-bond donors (Lipinski definition) is 2. The molecule has 0 spiro atoms. The molecule has 0 aliphatic heterocycles. The number of nitrogens with one attached hydrogen (secondary N) is 2. The van der Waals surface area contributed by atoms with E-state index in [4.69, 9.17) is 9.47 Å². The van der Waals surface area contributed by atoms with Crippen LogP contribution in [0, 0.1) is 13.8 Å². The Balaban J connectivity index is 1.61. The Bertz CT molecular complexity index is 1150. The maximum absolute atomic E-state index is 5.46. The highest BCUT2D eigenvalue weighted by molar-refractivity contribution is 5.63. The summed E-state index contributed by atoms with van der Waals surface area (Å²) >= 11 is 0. The molecule has 0 saturated carbocycles. The molecule has 1 aromatic carbocycles. The fourth-order valence-corrected chi connectivity index (χ4v) is 2.88. The molecule has 29 heavy (non-hydrogen) atoms. The number of methoxy groups -OCH3 is 2. The molecule has 0 unspecified atom stereocenters. The van der Waals surface area contributed by atoms with E-state index in [0.717, 1.165) is 28.4 Å². The number of ether oxygens (including phenoxy) is 2. The van der Waals surface area contributed by atoms with Gasteiger partial charge in [-0.3, -0.25) is 0 Å². The third kappa shape index (κ3) is 3.75. The maximum atomic E-state index is 5.46. The highest BCUT2D eigenvalue weighted by Crippen LogP contribution is 2.27. The van der Waals surface area contributed by atoms with E-state index in [1.165, 1.54) is 0 Å². The van der Waals surface area contributed by atoms with Crippen LogP contribution >= 0.6 is 0 Å². The molecule has 9 heteroatoms. The summed E-state index contributed by atoms with van der Waals surface area (Å²) in [6, 6.07) is 9.53. The van der Waals surface area contributed by atoms with Gasteiger partial charge in [-0.2, -0.15) is 10.1 Å². The number of aryl methyl sites for hydroxylation is 2. The van der Waals surface area contributed by atoms with Gasteiger partial charge in [-0.25, -0.2) is 15.1 Å². The molecule has 9 nitrogen and oxygen atoms in total. The van der Waals surface area contributed by atoms with Gasteiger partial charge in [0, 0.05) is 18.0 Å². The molecule has 0 atom stereocenters. The highest BCUT2D eigenvalue weighted by Gasteiger charge is 2.14. The quantitative estimate of drug-likeness (QED) is 0.519. The summed E-state index contributed by atoms with van der Waals surface area (Å²) in [6.45, 7) is 3.93. The van der Waals surface area contributed by atoms with Gasteiger partial charge < -0.3 is 19.4 Å². The van der Waals surface area contributed by atoms with Gasteiger partial charge in [0.1, 0.15) is 17.1 Å². The van der Waals surface area contributed by atoms with Gasteiger partial charge in [0.05, 0.1) is 26.2 Å². The maximum Gasteiger partial charge on any atom is 0.238 e. The number of pyridine rings is 1. The zero-order chi connectivity index (χ0) is 20.4. The fraction of sp³-hybridized carbons (Fsp3) is 0.200. The molecular formula is C20H21N7O2. The smallest absolute Gasteiger partial charge is 0.238 e. The van der Waals surface area contributed by atoms with Crippen molar-refractivity contribution < 1.29 is 9.47 Å². The molecule has 0 bridgehead atoms. The van der Waals surface area contributed by atoms with Crippen LogP contribution in [0.3, 0.4) is 0 Å². The average Bonchev–Trinajstić information content (AvgIpc) is 3.38. The molecule has 4 aromatic rings. The molecule has 0 saturated heterocycles. The van der Waals surface area contributed by atoms with Gasteiger partial charge in [0.2, 0.25) is 17.7 Å². The Labute approximate surface area is 167 Å². The normalized spacial score (nSPS) is 10.8. The number of H-pyrrole nitrogens is 1.